The van der Waals surface area contributed by atoms with E-state index in [0.29, 0.717) is 0 Å². The maximum Gasteiger partial charge on any atom is 0.135 e. The molecule has 2 aromatic heterocycles. The Bertz CT molecular complexity index is 592. The molecule has 0 bridgehead atoms. The molecule has 2 heterocycles. The van der Waals surface area contributed by atoms with Crippen molar-refractivity contribution in [3.05, 3.63) is 33.3 Å². The second kappa shape index (κ2) is 7.41. The van der Waals surface area contributed by atoms with Gasteiger partial charge in [-0.25, -0.2) is 9.97 Å². The van der Waals surface area contributed by atoms with E-state index in [1.807, 2.05) is 18.4 Å². The molecule has 4 nitrogen and oxygen atoms in total. The molecular formula is C16H24N4S. The van der Waals surface area contributed by atoms with Crippen LogP contribution in [0, 0.1) is 6.92 Å². The summed E-state index contributed by atoms with van der Waals surface area (Å²) >= 11 is 1.86. The van der Waals surface area contributed by atoms with Crippen LogP contribution in [-0.4, -0.2) is 17.0 Å². The van der Waals surface area contributed by atoms with Crippen LogP contribution >= 0.6 is 11.3 Å². The molecule has 0 amide bonds. The van der Waals surface area contributed by atoms with Crippen LogP contribution in [0.2, 0.25) is 0 Å². The average Bonchev–Trinajstić information content (AvgIpc) is 2.95. The number of aromatic nitrogens is 2. The van der Waals surface area contributed by atoms with Gasteiger partial charge in [0, 0.05) is 28.8 Å². The number of nitrogens with zero attached hydrogens (tertiary/aromatic N) is 2. The highest BCUT2D eigenvalue weighted by Gasteiger charge is 2.10. The van der Waals surface area contributed by atoms with Crippen molar-refractivity contribution in [3.63, 3.8) is 0 Å². The van der Waals surface area contributed by atoms with E-state index in [-0.39, 0.29) is 0 Å². The van der Waals surface area contributed by atoms with Crippen LogP contribution in [0.5, 0.6) is 0 Å². The van der Waals surface area contributed by atoms with Gasteiger partial charge in [0.15, 0.2) is 0 Å². The normalized spacial score (nSPS) is 10.7. The van der Waals surface area contributed by atoms with E-state index >= 15 is 0 Å². The van der Waals surface area contributed by atoms with Gasteiger partial charge in [-0.15, -0.1) is 11.3 Å². The Morgan fingerprint density at radius 1 is 1.10 bits per heavy atom. The van der Waals surface area contributed by atoms with E-state index < -0.39 is 0 Å². The standard InChI is InChI=1S/C16H24N4S/c1-5-7-14-19-15(17-4)11(3)16(20-14)18-10-13-9-8-12(6-2)21-13/h8-9H,5-7,10H2,1-4H3,(H2,17,18,19,20). The van der Waals surface area contributed by atoms with E-state index in [1.54, 1.807) is 0 Å². The van der Waals surface area contributed by atoms with Gasteiger partial charge in [0.2, 0.25) is 0 Å². The Balaban J connectivity index is 2.15. The first-order valence-corrected chi connectivity index (χ1v) is 8.36. The fourth-order valence-electron chi connectivity index (χ4n) is 2.19. The predicted molar refractivity (Wildman–Crippen MR) is 91.3 cm³/mol. The topological polar surface area (TPSA) is 49.8 Å². The lowest BCUT2D eigenvalue weighted by Crippen LogP contribution is -2.09. The molecule has 0 unspecified atom stereocenters. The van der Waals surface area contributed by atoms with Crippen molar-refractivity contribution in [2.75, 3.05) is 17.7 Å². The zero-order valence-corrected chi connectivity index (χ0v) is 14.1. The lowest BCUT2D eigenvalue weighted by Gasteiger charge is -2.13. The average molecular weight is 304 g/mol. The van der Waals surface area contributed by atoms with Crippen molar-refractivity contribution in [1.29, 1.82) is 0 Å². The molecule has 0 radical (unpaired) electrons. The minimum absolute atomic E-state index is 0.817. The van der Waals surface area contributed by atoms with Gasteiger partial charge in [0.05, 0.1) is 6.54 Å². The zero-order valence-electron chi connectivity index (χ0n) is 13.3. The molecule has 0 aliphatic carbocycles. The lowest BCUT2D eigenvalue weighted by atomic mass is 10.2. The zero-order chi connectivity index (χ0) is 15.2. The number of thiophene rings is 1. The van der Waals surface area contributed by atoms with E-state index in [1.165, 1.54) is 9.75 Å². The van der Waals surface area contributed by atoms with Crippen molar-refractivity contribution < 1.29 is 0 Å². The van der Waals surface area contributed by atoms with Gasteiger partial charge in [-0.3, -0.25) is 0 Å². The summed E-state index contributed by atoms with van der Waals surface area (Å²) in [4.78, 5) is 12.0. The van der Waals surface area contributed by atoms with Crippen LogP contribution < -0.4 is 10.6 Å². The summed E-state index contributed by atoms with van der Waals surface area (Å²) in [5.74, 6) is 2.75. The van der Waals surface area contributed by atoms with E-state index in [2.05, 4.69) is 53.5 Å². The van der Waals surface area contributed by atoms with E-state index in [4.69, 9.17) is 0 Å². The first-order valence-electron chi connectivity index (χ1n) is 7.54. The molecule has 2 N–H and O–H groups in total. The largest absolute Gasteiger partial charge is 0.373 e. The molecular weight excluding hydrogens is 280 g/mol. The van der Waals surface area contributed by atoms with Gasteiger partial charge < -0.3 is 10.6 Å². The van der Waals surface area contributed by atoms with Crippen molar-refractivity contribution in [2.45, 2.75) is 46.6 Å². The number of rotatable bonds is 7. The molecule has 0 atom stereocenters. The highest BCUT2D eigenvalue weighted by Crippen LogP contribution is 2.22. The third-order valence-electron chi connectivity index (χ3n) is 3.40. The van der Waals surface area contributed by atoms with Gasteiger partial charge in [0.1, 0.15) is 17.5 Å². The van der Waals surface area contributed by atoms with Gasteiger partial charge in [-0.2, -0.15) is 0 Å². The van der Waals surface area contributed by atoms with Gasteiger partial charge in [-0.1, -0.05) is 13.8 Å². The van der Waals surface area contributed by atoms with Crippen molar-refractivity contribution in [3.8, 4) is 0 Å². The smallest absolute Gasteiger partial charge is 0.135 e. The molecule has 0 spiro atoms. The molecule has 2 aromatic rings. The van der Waals surface area contributed by atoms with E-state index in [0.717, 1.165) is 48.8 Å². The minimum Gasteiger partial charge on any atom is -0.373 e. The molecule has 5 heteroatoms. The molecule has 0 fully saturated rings. The second-order valence-electron chi connectivity index (χ2n) is 5.04. The number of anilines is 2. The maximum atomic E-state index is 4.66. The maximum absolute atomic E-state index is 4.66. The quantitative estimate of drug-likeness (QED) is 0.811. The molecule has 0 aliphatic heterocycles. The minimum atomic E-state index is 0.817. The van der Waals surface area contributed by atoms with Crippen molar-refractivity contribution in [1.82, 2.24) is 9.97 Å². The molecule has 114 valence electrons. The molecule has 0 saturated carbocycles. The Kier molecular flexibility index (Phi) is 5.56. The van der Waals surface area contributed by atoms with Crippen LogP contribution in [0.3, 0.4) is 0 Å². The monoisotopic (exact) mass is 304 g/mol. The fourth-order valence-corrected chi connectivity index (χ4v) is 3.09. The van der Waals surface area contributed by atoms with Crippen LogP contribution in [0.1, 0.15) is 41.4 Å². The van der Waals surface area contributed by atoms with Crippen molar-refractivity contribution in [2.24, 2.45) is 0 Å². The second-order valence-corrected chi connectivity index (χ2v) is 6.29. The van der Waals surface area contributed by atoms with Crippen molar-refractivity contribution >= 4 is 23.0 Å². The first kappa shape index (κ1) is 15.8. The first-order chi connectivity index (χ1) is 10.2. The van der Waals surface area contributed by atoms with Gasteiger partial charge in [-0.05, 0) is 31.9 Å². The van der Waals surface area contributed by atoms with Crippen LogP contribution in [0.25, 0.3) is 0 Å². The highest BCUT2D eigenvalue weighted by atomic mass is 32.1. The molecule has 21 heavy (non-hydrogen) atoms. The SMILES string of the molecule is CCCc1nc(NC)c(C)c(NCc2ccc(CC)s2)n1. The summed E-state index contributed by atoms with van der Waals surface area (Å²) in [6.45, 7) is 7.20. The number of aryl methyl sites for hydroxylation is 2. The number of hydrogen-bond donors (Lipinski definition) is 2. The summed E-state index contributed by atoms with van der Waals surface area (Å²) in [5.41, 5.74) is 1.07. The Labute approximate surface area is 131 Å². The summed E-state index contributed by atoms with van der Waals surface area (Å²) in [6.07, 6.45) is 3.06. The molecule has 0 saturated heterocycles. The lowest BCUT2D eigenvalue weighted by molar-refractivity contribution is 0.832. The summed E-state index contributed by atoms with van der Waals surface area (Å²) in [5, 5.41) is 6.62. The van der Waals surface area contributed by atoms with Gasteiger partial charge >= 0.3 is 0 Å². The van der Waals surface area contributed by atoms with Crippen LogP contribution in [0.4, 0.5) is 11.6 Å². The third-order valence-corrected chi connectivity index (χ3v) is 4.63. The fraction of sp³-hybridized carbons (Fsp3) is 0.500. The third kappa shape index (κ3) is 3.94. The van der Waals surface area contributed by atoms with E-state index in [9.17, 15) is 0 Å². The highest BCUT2D eigenvalue weighted by molar-refractivity contribution is 7.12. The molecule has 0 aliphatic rings. The number of hydrogen-bond acceptors (Lipinski definition) is 5. The Morgan fingerprint density at radius 2 is 1.81 bits per heavy atom. The van der Waals surface area contributed by atoms with Crippen LogP contribution in [0.15, 0.2) is 12.1 Å². The van der Waals surface area contributed by atoms with Gasteiger partial charge in [0.25, 0.3) is 0 Å². The summed E-state index contributed by atoms with van der Waals surface area (Å²) < 4.78 is 0. The summed E-state index contributed by atoms with van der Waals surface area (Å²) in [6, 6.07) is 4.40. The van der Waals surface area contributed by atoms with Crippen LogP contribution in [-0.2, 0) is 19.4 Å². The Hall–Kier alpha value is -1.62. The summed E-state index contributed by atoms with van der Waals surface area (Å²) in [7, 11) is 1.90. The molecule has 0 aromatic carbocycles. The Morgan fingerprint density at radius 3 is 2.43 bits per heavy atom. The molecule has 2 rings (SSSR count). The predicted octanol–water partition coefficient (Wildman–Crippen LogP) is 4.02. The number of nitrogens with one attached hydrogen (secondary N) is 2.